The molecule has 1 N–H and O–H groups in total. The van der Waals surface area contributed by atoms with E-state index in [2.05, 4.69) is 5.32 Å². The van der Waals surface area contributed by atoms with Gasteiger partial charge >= 0.3 is 0 Å². The van der Waals surface area contributed by atoms with Crippen LogP contribution in [0.25, 0.3) is 0 Å². The Kier molecular flexibility index (Phi) is 3.41. The van der Waals surface area contributed by atoms with Crippen LogP contribution in [0.3, 0.4) is 0 Å². The fraction of sp³-hybridized carbons (Fsp3) is 0.500. The molecule has 2 rings (SSSR count). The Morgan fingerprint density at radius 1 is 1.50 bits per heavy atom. The summed E-state index contributed by atoms with van der Waals surface area (Å²) in [5, 5.41) is 3.06. The van der Waals surface area contributed by atoms with Gasteiger partial charge in [-0.2, -0.15) is 0 Å². The number of benzene rings is 1. The number of halogens is 1. The highest BCUT2D eigenvalue weighted by Gasteiger charge is 2.21. The molecule has 0 amide bonds. The normalized spacial score (nSPS) is 17.9. The molecule has 1 aromatic carbocycles. The van der Waals surface area contributed by atoms with Crippen LogP contribution in [-0.4, -0.2) is 26.4 Å². The molecule has 1 heterocycles. The third-order valence-electron chi connectivity index (χ3n) is 2.79. The van der Waals surface area contributed by atoms with Crippen molar-refractivity contribution in [2.75, 3.05) is 20.3 Å². The standard InChI is InChI=1S/C12H16FNO2/c1-8(14-2)9-3-4-12(11(13)5-9)16-10-6-15-7-10/h3-5,8,10,14H,6-7H2,1-2H3. The molecule has 1 aliphatic rings. The average molecular weight is 225 g/mol. The minimum Gasteiger partial charge on any atom is -0.483 e. The third-order valence-corrected chi connectivity index (χ3v) is 2.79. The van der Waals surface area contributed by atoms with Crippen LogP contribution in [0.1, 0.15) is 18.5 Å². The van der Waals surface area contributed by atoms with E-state index >= 15 is 0 Å². The van der Waals surface area contributed by atoms with Crippen LogP contribution < -0.4 is 10.1 Å². The molecule has 0 aliphatic carbocycles. The van der Waals surface area contributed by atoms with Gasteiger partial charge in [0.05, 0.1) is 13.2 Å². The molecule has 0 aromatic heterocycles. The van der Waals surface area contributed by atoms with E-state index < -0.39 is 0 Å². The molecule has 4 heteroatoms. The third kappa shape index (κ3) is 2.33. The Labute approximate surface area is 94.6 Å². The summed E-state index contributed by atoms with van der Waals surface area (Å²) in [6.07, 6.45) is 0.00192. The number of rotatable bonds is 4. The summed E-state index contributed by atoms with van der Waals surface area (Å²) in [4.78, 5) is 0. The number of hydrogen-bond donors (Lipinski definition) is 1. The average Bonchev–Trinajstić information content (AvgIpc) is 2.23. The van der Waals surface area contributed by atoms with E-state index in [1.165, 1.54) is 6.07 Å². The Morgan fingerprint density at radius 2 is 2.25 bits per heavy atom. The molecule has 3 nitrogen and oxygen atoms in total. The first-order valence-electron chi connectivity index (χ1n) is 5.42. The monoisotopic (exact) mass is 225 g/mol. The van der Waals surface area contributed by atoms with Gasteiger partial charge in [0.25, 0.3) is 0 Å². The van der Waals surface area contributed by atoms with Gasteiger partial charge in [0, 0.05) is 6.04 Å². The molecule has 1 aliphatic heterocycles. The summed E-state index contributed by atoms with van der Waals surface area (Å²) in [5.41, 5.74) is 0.914. The van der Waals surface area contributed by atoms with Gasteiger partial charge in [-0.1, -0.05) is 6.07 Å². The van der Waals surface area contributed by atoms with E-state index in [1.54, 1.807) is 6.07 Å². The van der Waals surface area contributed by atoms with E-state index in [0.717, 1.165) is 5.56 Å². The molecule has 1 aromatic rings. The first kappa shape index (κ1) is 11.4. The SMILES string of the molecule is CNC(C)c1ccc(OC2COC2)c(F)c1. The zero-order chi connectivity index (χ0) is 11.5. The maximum atomic E-state index is 13.7. The van der Waals surface area contributed by atoms with Gasteiger partial charge in [0.15, 0.2) is 11.6 Å². The van der Waals surface area contributed by atoms with Crippen LogP contribution >= 0.6 is 0 Å². The highest BCUT2D eigenvalue weighted by atomic mass is 19.1. The molecule has 1 fully saturated rings. The molecule has 0 bridgehead atoms. The smallest absolute Gasteiger partial charge is 0.165 e. The Morgan fingerprint density at radius 3 is 2.75 bits per heavy atom. The van der Waals surface area contributed by atoms with Crippen LogP contribution in [0.4, 0.5) is 4.39 Å². The Balaban J connectivity index is 2.09. The van der Waals surface area contributed by atoms with Crippen LogP contribution in [-0.2, 0) is 4.74 Å². The predicted octanol–water partition coefficient (Wildman–Crippen LogP) is 1.88. The van der Waals surface area contributed by atoms with Crippen LogP contribution in [0, 0.1) is 5.82 Å². The lowest BCUT2D eigenvalue weighted by Crippen LogP contribution is -2.38. The van der Waals surface area contributed by atoms with Crippen LogP contribution in [0.2, 0.25) is 0 Å². The molecular formula is C12H16FNO2. The molecule has 0 radical (unpaired) electrons. The van der Waals surface area contributed by atoms with E-state index in [1.807, 2.05) is 20.0 Å². The summed E-state index contributed by atoms with van der Waals surface area (Å²) < 4.78 is 24.1. The lowest BCUT2D eigenvalue weighted by Gasteiger charge is -2.27. The fourth-order valence-corrected chi connectivity index (χ4v) is 1.51. The van der Waals surface area contributed by atoms with E-state index in [-0.39, 0.29) is 18.0 Å². The molecule has 0 spiro atoms. The van der Waals surface area contributed by atoms with Crippen LogP contribution in [0.5, 0.6) is 5.75 Å². The van der Waals surface area contributed by atoms with Crippen molar-refractivity contribution in [3.05, 3.63) is 29.6 Å². The zero-order valence-corrected chi connectivity index (χ0v) is 9.50. The van der Waals surface area contributed by atoms with Crippen molar-refractivity contribution in [1.82, 2.24) is 5.32 Å². The molecule has 1 atom stereocenters. The predicted molar refractivity (Wildman–Crippen MR) is 59.1 cm³/mol. The van der Waals surface area contributed by atoms with Crippen LogP contribution in [0.15, 0.2) is 18.2 Å². The van der Waals surface area contributed by atoms with Crippen molar-refractivity contribution < 1.29 is 13.9 Å². The molecule has 16 heavy (non-hydrogen) atoms. The highest BCUT2D eigenvalue weighted by Crippen LogP contribution is 2.24. The van der Waals surface area contributed by atoms with Gasteiger partial charge in [-0.25, -0.2) is 4.39 Å². The van der Waals surface area contributed by atoms with Crippen molar-refractivity contribution in [2.45, 2.75) is 19.1 Å². The maximum absolute atomic E-state index is 13.7. The second-order valence-corrected chi connectivity index (χ2v) is 3.98. The second-order valence-electron chi connectivity index (χ2n) is 3.98. The quantitative estimate of drug-likeness (QED) is 0.848. The summed E-state index contributed by atoms with van der Waals surface area (Å²) in [5.74, 6) is -0.00754. The maximum Gasteiger partial charge on any atom is 0.165 e. The summed E-state index contributed by atoms with van der Waals surface area (Å²) in [7, 11) is 1.85. The van der Waals surface area contributed by atoms with E-state index in [0.29, 0.717) is 19.0 Å². The molecule has 0 saturated carbocycles. The molecule has 1 saturated heterocycles. The van der Waals surface area contributed by atoms with Gasteiger partial charge < -0.3 is 14.8 Å². The topological polar surface area (TPSA) is 30.5 Å². The molecule has 1 unspecified atom stereocenters. The minimum atomic E-state index is -0.313. The Hall–Kier alpha value is -1.13. The summed E-state index contributed by atoms with van der Waals surface area (Å²) >= 11 is 0. The lowest BCUT2D eigenvalue weighted by molar-refractivity contribution is -0.0809. The van der Waals surface area contributed by atoms with E-state index in [4.69, 9.17) is 9.47 Å². The van der Waals surface area contributed by atoms with Crippen molar-refractivity contribution in [3.63, 3.8) is 0 Å². The van der Waals surface area contributed by atoms with Gasteiger partial charge in [0.1, 0.15) is 6.10 Å². The fourth-order valence-electron chi connectivity index (χ4n) is 1.51. The van der Waals surface area contributed by atoms with Gasteiger partial charge in [-0.3, -0.25) is 0 Å². The van der Waals surface area contributed by atoms with Crippen molar-refractivity contribution >= 4 is 0 Å². The van der Waals surface area contributed by atoms with Crippen molar-refractivity contribution in [3.8, 4) is 5.75 Å². The largest absolute Gasteiger partial charge is 0.483 e. The molecule has 88 valence electrons. The summed E-state index contributed by atoms with van der Waals surface area (Å²) in [6.45, 7) is 3.08. The highest BCUT2D eigenvalue weighted by molar-refractivity contribution is 5.31. The number of ether oxygens (including phenoxy) is 2. The van der Waals surface area contributed by atoms with Crippen molar-refractivity contribution in [2.24, 2.45) is 0 Å². The van der Waals surface area contributed by atoms with Gasteiger partial charge in [-0.05, 0) is 31.7 Å². The number of nitrogens with one attached hydrogen (secondary N) is 1. The van der Waals surface area contributed by atoms with Gasteiger partial charge in [0.2, 0.25) is 0 Å². The van der Waals surface area contributed by atoms with E-state index in [9.17, 15) is 4.39 Å². The molecular weight excluding hydrogens is 209 g/mol. The first-order valence-corrected chi connectivity index (χ1v) is 5.42. The first-order chi connectivity index (χ1) is 7.70. The Bertz CT molecular complexity index is 366. The van der Waals surface area contributed by atoms with Gasteiger partial charge in [-0.15, -0.1) is 0 Å². The minimum absolute atomic E-state index is 0.00192. The summed E-state index contributed by atoms with van der Waals surface area (Å²) in [6, 6.07) is 5.20. The second kappa shape index (κ2) is 4.80. The lowest BCUT2D eigenvalue weighted by atomic mass is 10.1. The van der Waals surface area contributed by atoms with Crippen molar-refractivity contribution in [1.29, 1.82) is 0 Å². The number of hydrogen-bond acceptors (Lipinski definition) is 3. The zero-order valence-electron chi connectivity index (χ0n) is 9.50.